The van der Waals surface area contributed by atoms with E-state index >= 15 is 0 Å². The van der Waals surface area contributed by atoms with Gasteiger partial charge < -0.3 is 21.1 Å². The first-order valence-corrected chi connectivity index (χ1v) is 14.9. The van der Waals surface area contributed by atoms with Crippen LogP contribution in [-0.4, -0.2) is 29.0 Å². The number of rotatable bonds is 8. The molecule has 2 aliphatic rings. The molecule has 2 unspecified atom stereocenters. The van der Waals surface area contributed by atoms with E-state index in [4.69, 9.17) is 11.1 Å². The van der Waals surface area contributed by atoms with E-state index in [9.17, 15) is 9.50 Å². The van der Waals surface area contributed by atoms with Crippen LogP contribution >= 0.6 is 0 Å². The highest BCUT2D eigenvalue weighted by molar-refractivity contribution is 6.14. The van der Waals surface area contributed by atoms with Crippen LogP contribution < -0.4 is 16.0 Å². The molecule has 0 spiro atoms. The number of nitrogen functional groups attached to an aromatic ring is 1. The van der Waals surface area contributed by atoms with Crippen molar-refractivity contribution in [1.82, 2.24) is 5.32 Å². The lowest BCUT2D eigenvalue weighted by molar-refractivity contribution is 0.126. The molecule has 2 saturated heterocycles. The second-order valence-electron chi connectivity index (χ2n) is 11.8. The molecule has 218 valence electrons. The van der Waals surface area contributed by atoms with Gasteiger partial charge in [-0.05, 0) is 73.9 Å². The van der Waals surface area contributed by atoms with Crippen molar-refractivity contribution >= 4 is 22.8 Å². The number of nitrogens with zero attached hydrogens (tertiary/aromatic N) is 1. The maximum absolute atomic E-state index is 14.1. The number of fused-ring (bicyclic) bond motifs is 2. The van der Waals surface area contributed by atoms with Crippen LogP contribution in [0.4, 0.5) is 15.8 Å². The Morgan fingerprint density at radius 2 is 1.63 bits per heavy atom. The average Bonchev–Trinajstić information content (AvgIpc) is 3.22. The Balaban J connectivity index is 0.000000909. The molecular weight excluding hydrogens is 511 g/mol. The van der Waals surface area contributed by atoms with Crippen LogP contribution in [-0.2, 0) is 6.54 Å². The first-order valence-electron chi connectivity index (χ1n) is 14.9. The minimum Gasteiger partial charge on any atom is -0.398 e. The summed E-state index contributed by atoms with van der Waals surface area (Å²) < 4.78 is 14.1. The van der Waals surface area contributed by atoms with Crippen molar-refractivity contribution in [3.63, 3.8) is 0 Å². The zero-order valence-corrected chi connectivity index (χ0v) is 24.8. The summed E-state index contributed by atoms with van der Waals surface area (Å²) in [6.45, 7) is 8.93. The molecule has 5 rings (SSSR count). The Labute approximate surface area is 244 Å². The molecule has 2 bridgehead atoms. The number of nitrogens with one attached hydrogen (secondary N) is 2. The SMILES string of the molecule is CC(C)C.CC/C=C(\NCc1ccccc1F)c1ccc(N)c(C(=N)c2ccc(N3C4CCC3CC(O)C4)cc2)c1. The number of benzene rings is 3. The van der Waals surface area contributed by atoms with Crippen molar-refractivity contribution in [3.8, 4) is 0 Å². The molecule has 2 aliphatic heterocycles. The molecule has 0 aliphatic carbocycles. The van der Waals surface area contributed by atoms with Crippen LogP contribution in [0.1, 0.15) is 82.1 Å². The van der Waals surface area contributed by atoms with Gasteiger partial charge in [0.15, 0.2) is 0 Å². The Hall–Kier alpha value is -3.64. The zero-order chi connectivity index (χ0) is 29.5. The Bertz CT molecular complexity index is 1330. The van der Waals surface area contributed by atoms with Crippen LogP contribution in [0.3, 0.4) is 0 Å². The van der Waals surface area contributed by atoms with Gasteiger partial charge in [0, 0.05) is 52.4 Å². The van der Waals surface area contributed by atoms with E-state index < -0.39 is 0 Å². The Morgan fingerprint density at radius 1 is 1.02 bits per heavy atom. The lowest BCUT2D eigenvalue weighted by Crippen LogP contribution is -2.44. The van der Waals surface area contributed by atoms with Crippen molar-refractivity contribution in [1.29, 1.82) is 5.41 Å². The quantitative estimate of drug-likeness (QED) is 0.171. The monoisotopic (exact) mass is 556 g/mol. The van der Waals surface area contributed by atoms with Gasteiger partial charge in [-0.25, -0.2) is 4.39 Å². The minimum absolute atomic E-state index is 0.190. The summed E-state index contributed by atoms with van der Waals surface area (Å²) in [6, 6.07) is 21.4. The van der Waals surface area contributed by atoms with Gasteiger partial charge in [0.1, 0.15) is 5.82 Å². The summed E-state index contributed by atoms with van der Waals surface area (Å²) in [7, 11) is 0. The second kappa shape index (κ2) is 13.8. The van der Waals surface area contributed by atoms with E-state index in [1.165, 1.54) is 6.07 Å². The molecule has 6 heteroatoms. The number of piperidine rings is 1. The van der Waals surface area contributed by atoms with Gasteiger partial charge in [-0.3, -0.25) is 5.41 Å². The normalized spacial score (nSPS) is 20.0. The highest BCUT2D eigenvalue weighted by Crippen LogP contribution is 2.39. The van der Waals surface area contributed by atoms with E-state index in [0.717, 1.165) is 60.5 Å². The fourth-order valence-electron chi connectivity index (χ4n) is 5.79. The van der Waals surface area contributed by atoms with Crippen LogP contribution in [0, 0.1) is 17.1 Å². The fourth-order valence-corrected chi connectivity index (χ4v) is 5.79. The van der Waals surface area contributed by atoms with Gasteiger partial charge in [0.2, 0.25) is 0 Å². The first kappa shape index (κ1) is 30.3. The molecule has 5 N–H and O–H groups in total. The third-order valence-corrected chi connectivity index (χ3v) is 7.63. The van der Waals surface area contributed by atoms with Crippen molar-refractivity contribution in [2.45, 2.75) is 84.5 Å². The molecule has 2 heterocycles. The predicted molar refractivity (Wildman–Crippen MR) is 170 cm³/mol. The molecule has 0 aromatic heterocycles. The van der Waals surface area contributed by atoms with E-state index in [1.807, 2.05) is 36.4 Å². The maximum atomic E-state index is 14.1. The van der Waals surface area contributed by atoms with E-state index in [1.54, 1.807) is 12.1 Å². The summed E-state index contributed by atoms with van der Waals surface area (Å²) in [4.78, 5) is 2.46. The predicted octanol–water partition coefficient (Wildman–Crippen LogP) is 7.52. The highest BCUT2D eigenvalue weighted by atomic mass is 19.1. The van der Waals surface area contributed by atoms with Crippen molar-refractivity contribution in [2.24, 2.45) is 5.92 Å². The van der Waals surface area contributed by atoms with Gasteiger partial charge in [-0.15, -0.1) is 0 Å². The molecule has 0 amide bonds. The standard InChI is InChI=1S/C31H35FN4O.C4H10/c1-2-5-30(35-19-22-6-3-4-7-28(22)32)21-10-15-29(33)27(16-21)31(34)20-8-11-23(12-9-20)36-24-13-14-25(36)18-26(37)17-24;1-4(2)3/h3-12,15-16,24-26,34-35,37H,2,13-14,17-19,33H2,1H3;4H,1-3H3/b30-5-,34-31?;. The maximum Gasteiger partial charge on any atom is 0.128 e. The third-order valence-electron chi connectivity index (χ3n) is 7.63. The summed E-state index contributed by atoms with van der Waals surface area (Å²) >= 11 is 0. The number of anilines is 2. The molecule has 0 saturated carbocycles. The molecular formula is C35H45FN4O. The lowest BCUT2D eigenvalue weighted by atomic mass is 9.96. The van der Waals surface area contributed by atoms with Gasteiger partial charge in [0.25, 0.3) is 0 Å². The number of halogens is 1. The first-order chi connectivity index (χ1) is 19.7. The largest absolute Gasteiger partial charge is 0.398 e. The number of hydrogen-bond acceptors (Lipinski definition) is 5. The Morgan fingerprint density at radius 3 is 2.24 bits per heavy atom. The van der Waals surface area contributed by atoms with E-state index in [-0.39, 0.29) is 11.9 Å². The van der Waals surface area contributed by atoms with Crippen LogP contribution in [0.25, 0.3) is 5.70 Å². The number of hydrogen-bond donors (Lipinski definition) is 4. The van der Waals surface area contributed by atoms with Crippen molar-refractivity contribution in [3.05, 3.63) is 101 Å². The summed E-state index contributed by atoms with van der Waals surface area (Å²) in [5.41, 5.74) is 12.3. The van der Waals surface area contributed by atoms with Crippen molar-refractivity contribution in [2.75, 3.05) is 10.6 Å². The van der Waals surface area contributed by atoms with Gasteiger partial charge in [0.05, 0.1) is 11.8 Å². The smallest absolute Gasteiger partial charge is 0.128 e. The molecule has 5 nitrogen and oxygen atoms in total. The number of aliphatic hydroxyl groups excluding tert-OH is 1. The van der Waals surface area contributed by atoms with Crippen LogP contribution in [0.15, 0.2) is 72.8 Å². The summed E-state index contributed by atoms with van der Waals surface area (Å²) in [6.07, 6.45) is 6.60. The molecule has 2 atom stereocenters. The summed E-state index contributed by atoms with van der Waals surface area (Å²) in [5, 5.41) is 22.4. The minimum atomic E-state index is -0.234. The summed E-state index contributed by atoms with van der Waals surface area (Å²) in [5.74, 6) is 0.600. The molecule has 3 aromatic rings. The average molecular weight is 557 g/mol. The number of aliphatic hydroxyl groups is 1. The van der Waals surface area contributed by atoms with Crippen LogP contribution in [0.5, 0.6) is 0 Å². The molecule has 3 aromatic carbocycles. The zero-order valence-electron chi connectivity index (χ0n) is 24.8. The molecule has 2 fully saturated rings. The van der Waals surface area contributed by atoms with Gasteiger partial charge in [-0.1, -0.05) is 70.2 Å². The fraction of sp³-hybridized carbons (Fsp3) is 0.400. The second-order valence-corrected chi connectivity index (χ2v) is 11.8. The van der Waals surface area contributed by atoms with Crippen molar-refractivity contribution < 1.29 is 9.50 Å². The van der Waals surface area contributed by atoms with Crippen LogP contribution in [0.2, 0.25) is 0 Å². The third kappa shape index (κ3) is 7.56. The van der Waals surface area contributed by atoms with Gasteiger partial charge in [-0.2, -0.15) is 0 Å². The van der Waals surface area contributed by atoms with E-state index in [2.05, 4.69) is 56.1 Å². The van der Waals surface area contributed by atoms with Gasteiger partial charge >= 0.3 is 0 Å². The lowest BCUT2D eigenvalue weighted by Gasteiger charge is -2.39. The number of nitrogens with two attached hydrogens (primary N) is 1. The molecule has 41 heavy (non-hydrogen) atoms. The highest BCUT2D eigenvalue weighted by Gasteiger charge is 2.40. The molecule has 0 radical (unpaired) electrons. The Kier molecular flexibility index (Phi) is 10.2. The number of allylic oxidation sites excluding steroid dienone is 1. The van der Waals surface area contributed by atoms with E-state index in [0.29, 0.717) is 41.2 Å². The topological polar surface area (TPSA) is 85.4 Å².